The van der Waals surface area contributed by atoms with Crippen LogP contribution in [0, 0.1) is 6.92 Å². The van der Waals surface area contributed by atoms with Crippen LogP contribution >= 0.6 is 0 Å². The molecule has 0 fully saturated rings. The third-order valence-corrected chi connectivity index (χ3v) is 6.47. The molecular formula is C29H27N3O6. The standard InChI is InChI=1S/C29H27N3O6/c1-16-12-24(33)28-27(37-16)21(26(38-28)17-8-10-19(36-3)11-9-17)14-25(34)32-23(29(35)30-2)13-18-15-31-22-7-5-4-6-20(18)22/h4-12,15,23,31H,13-14H2,1-3H3,(H,30,35)(H,32,34). The Balaban J connectivity index is 1.48. The van der Waals surface area contributed by atoms with Gasteiger partial charge in [-0.3, -0.25) is 14.4 Å². The fourth-order valence-corrected chi connectivity index (χ4v) is 4.61. The summed E-state index contributed by atoms with van der Waals surface area (Å²) in [6.07, 6.45) is 1.97. The highest BCUT2D eigenvalue weighted by atomic mass is 16.5. The number of aromatic amines is 1. The number of benzene rings is 2. The van der Waals surface area contributed by atoms with Gasteiger partial charge in [0.1, 0.15) is 23.3 Å². The molecule has 2 amide bonds. The van der Waals surface area contributed by atoms with Crippen LogP contribution in [0.3, 0.4) is 0 Å². The fraction of sp³-hybridized carbons (Fsp3) is 0.207. The maximum Gasteiger partial charge on any atom is 0.242 e. The first-order valence-electron chi connectivity index (χ1n) is 12.1. The first-order valence-corrected chi connectivity index (χ1v) is 12.1. The zero-order valence-corrected chi connectivity index (χ0v) is 21.2. The molecule has 38 heavy (non-hydrogen) atoms. The highest BCUT2D eigenvalue weighted by molar-refractivity contribution is 5.93. The molecule has 0 spiro atoms. The van der Waals surface area contributed by atoms with Crippen molar-refractivity contribution < 1.29 is 23.2 Å². The Bertz CT molecular complexity index is 1690. The van der Waals surface area contributed by atoms with Gasteiger partial charge in [0, 0.05) is 42.2 Å². The molecule has 3 heterocycles. The number of hydrogen-bond acceptors (Lipinski definition) is 6. The smallest absolute Gasteiger partial charge is 0.242 e. The van der Waals surface area contributed by atoms with Crippen LogP contribution in [0.1, 0.15) is 16.9 Å². The molecule has 3 aromatic heterocycles. The van der Waals surface area contributed by atoms with Crippen molar-refractivity contribution in [3.8, 4) is 17.1 Å². The zero-order valence-electron chi connectivity index (χ0n) is 21.2. The van der Waals surface area contributed by atoms with Crippen LogP contribution < -0.4 is 20.8 Å². The number of carbonyl (C=O) groups excluding carboxylic acids is 2. The molecule has 9 heteroatoms. The summed E-state index contributed by atoms with van der Waals surface area (Å²) in [6.45, 7) is 1.66. The molecule has 0 aliphatic carbocycles. The second kappa shape index (κ2) is 10.3. The van der Waals surface area contributed by atoms with Gasteiger partial charge in [-0.25, -0.2) is 0 Å². The molecule has 0 radical (unpaired) electrons. The second-order valence-electron chi connectivity index (χ2n) is 8.99. The van der Waals surface area contributed by atoms with E-state index in [9.17, 15) is 14.4 Å². The molecule has 0 aliphatic heterocycles. The SMILES string of the molecule is CNC(=O)C(Cc1c[nH]c2ccccc12)NC(=O)Cc1c(-c2ccc(OC)cc2)oc2c(=O)cc(C)oc12. The number of likely N-dealkylation sites (N-methyl/N-ethyl adjacent to an activating group) is 1. The van der Waals surface area contributed by atoms with E-state index < -0.39 is 11.9 Å². The van der Waals surface area contributed by atoms with E-state index in [1.54, 1.807) is 38.3 Å². The molecule has 9 nitrogen and oxygen atoms in total. The number of aryl methyl sites for hydroxylation is 1. The predicted molar refractivity (Wildman–Crippen MR) is 143 cm³/mol. The van der Waals surface area contributed by atoms with E-state index in [1.165, 1.54) is 13.1 Å². The number of H-pyrrole nitrogens is 1. The summed E-state index contributed by atoms with van der Waals surface area (Å²) in [5.41, 5.74) is 2.83. The van der Waals surface area contributed by atoms with Crippen LogP contribution in [0.25, 0.3) is 33.4 Å². The summed E-state index contributed by atoms with van der Waals surface area (Å²) in [4.78, 5) is 41.9. The van der Waals surface area contributed by atoms with E-state index in [2.05, 4.69) is 15.6 Å². The summed E-state index contributed by atoms with van der Waals surface area (Å²) in [5, 5.41) is 6.46. The molecule has 0 saturated heterocycles. The van der Waals surface area contributed by atoms with Crippen molar-refractivity contribution in [1.29, 1.82) is 0 Å². The lowest BCUT2D eigenvalue weighted by atomic mass is 10.0. The van der Waals surface area contributed by atoms with Crippen molar-refractivity contribution in [3.63, 3.8) is 0 Å². The summed E-state index contributed by atoms with van der Waals surface area (Å²) < 4.78 is 17.0. The molecule has 194 valence electrons. The molecule has 3 N–H and O–H groups in total. The van der Waals surface area contributed by atoms with Gasteiger partial charge in [0.15, 0.2) is 5.58 Å². The Hall–Kier alpha value is -4.79. The summed E-state index contributed by atoms with van der Waals surface area (Å²) in [6, 6.07) is 15.4. The molecule has 0 aliphatic rings. The number of ether oxygens (including phenoxy) is 1. The van der Waals surface area contributed by atoms with Crippen molar-refractivity contribution >= 4 is 33.9 Å². The van der Waals surface area contributed by atoms with E-state index >= 15 is 0 Å². The summed E-state index contributed by atoms with van der Waals surface area (Å²) >= 11 is 0. The van der Waals surface area contributed by atoms with Crippen molar-refractivity contribution in [2.75, 3.05) is 14.2 Å². The average Bonchev–Trinajstić information content (AvgIpc) is 3.49. The van der Waals surface area contributed by atoms with Crippen molar-refractivity contribution in [2.45, 2.75) is 25.8 Å². The molecular weight excluding hydrogens is 486 g/mol. The van der Waals surface area contributed by atoms with Crippen LogP contribution in [0.15, 0.2) is 74.4 Å². The largest absolute Gasteiger partial charge is 0.497 e. The Labute approximate surface area is 217 Å². The van der Waals surface area contributed by atoms with E-state index in [-0.39, 0.29) is 28.9 Å². The van der Waals surface area contributed by atoms with E-state index in [4.69, 9.17) is 13.6 Å². The quantitative estimate of drug-likeness (QED) is 0.289. The zero-order chi connectivity index (χ0) is 26.8. The number of furan rings is 1. The highest BCUT2D eigenvalue weighted by Gasteiger charge is 2.26. The number of carbonyl (C=O) groups is 2. The molecule has 1 atom stereocenters. The first-order chi connectivity index (χ1) is 18.4. The topological polar surface area (TPSA) is 127 Å². The van der Waals surface area contributed by atoms with E-state index in [1.807, 2.05) is 30.5 Å². The van der Waals surface area contributed by atoms with Gasteiger partial charge >= 0.3 is 0 Å². The van der Waals surface area contributed by atoms with Crippen molar-refractivity contribution in [1.82, 2.24) is 15.6 Å². The lowest BCUT2D eigenvalue weighted by Gasteiger charge is -2.17. The van der Waals surface area contributed by atoms with Crippen molar-refractivity contribution in [2.24, 2.45) is 0 Å². The minimum absolute atomic E-state index is 0.0332. The molecule has 0 bridgehead atoms. The summed E-state index contributed by atoms with van der Waals surface area (Å²) in [7, 11) is 3.09. The van der Waals surface area contributed by atoms with Gasteiger partial charge in [0.05, 0.1) is 19.1 Å². The molecule has 5 rings (SSSR count). The molecule has 2 aromatic carbocycles. The van der Waals surface area contributed by atoms with Crippen LogP contribution in [-0.4, -0.2) is 37.0 Å². The number of methoxy groups -OCH3 is 1. The number of nitrogens with one attached hydrogen (secondary N) is 3. The second-order valence-corrected chi connectivity index (χ2v) is 8.99. The summed E-state index contributed by atoms with van der Waals surface area (Å²) in [5.74, 6) is 0.657. The first kappa shape index (κ1) is 24.9. The maximum absolute atomic E-state index is 13.4. The molecule has 5 aromatic rings. The molecule has 1 unspecified atom stereocenters. The Morgan fingerprint density at radius 3 is 2.55 bits per heavy atom. The van der Waals surface area contributed by atoms with Gasteiger partial charge < -0.3 is 29.2 Å². The lowest BCUT2D eigenvalue weighted by Crippen LogP contribution is -2.47. The number of amides is 2. The normalized spacial score (nSPS) is 12.0. The van der Waals surface area contributed by atoms with Gasteiger partial charge in [-0.05, 0) is 42.8 Å². The van der Waals surface area contributed by atoms with Gasteiger partial charge in [-0.15, -0.1) is 0 Å². The van der Waals surface area contributed by atoms with E-state index in [0.29, 0.717) is 34.8 Å². The van der Waals surface area contributed by atoms with Gasteiger partial charge in [-0.1, -0.05) is 18.2 Å². The highest BCUT2D eigenvalue weighted by Crippen LogP contribution is 2.34. The third kappa shape index (κ3) is 4.78. The number of fused-ring (bicyclic) bond motifs is 2. The molecule has 0 saturated carbocycles. The van der Waals surface area contributed by atoms with Crippen molar-refractivity contribution in [3.05, 3.63) is 87.9 Å². The van der Waals surface area contributed by atoms with E-state index in [0.717, 1.165) is 16.5 Å². The number of rotatable bonds is 8. The Kier molecular flexibility index (Phi) is 6.74. The fourth-order valence-electron chi connectivity index (χ4n) is 4.61. The predicted octanol–water partition coefficient (Wildman–Crippen LogP) is 3.87. The number of hydrogen-bond donors (Lipinski definition) is 3. The van der Waals surface area contributed by atoms with Gasteiger partial charge in [0.25, 0.3) is 0 Å². The Morgan fingerprint density at radius 2 is 1.82 bits per heavy atom. The lowest BCUT2D eigenvalue weighted by molar-refractivity contribution is -0.128. The van der Waals surface area contributed by atoms with Crippen LogP contribution in [0.4, 0.5) is 0 Å². The van der Waals surface area contributed by atoms with Gasteiger partial charge in [-0.2, -0.15) is 0 Å². The number of aromatic nitrogens is 1. The van der Waals surface area contributed by atoms with Crippen LogP contribution in [-0.2, 0) is 22.4 Å². The number of para-hydroxylation sites is 1. The maximum atomic E-state index is 13.4. The Morgan fingerprint density at radius 1 is 1.05 bits per heavy atom. The third-order valence-electron chi connectivity index (χ3n) is 6.47. The van der Waals surface area contributed by atoms with Gasteiger partial charge in [0.2, 0.25) is 22.8 Å². The van der Waals surface area contributed by atoms with Crippen LogP contribution in [0.2, 0.25) is 0 Å². The monoisotopic (exact) mass is 513 g/mol. The average molecular weight is 514 g/mol. The van der Waals surface area contributed by atoms with Crippen LogP contribution in [0.5, 0.6) is 5.75 Å². The minimum Gasteiger partial charge on any atom is -0.497 e. The minimum atomic E-state index is -0.817.